The molecule has 0 amide bonds. The van der Waals surface area contributed by atoms with Crippen LogP contribution in [0.3, 0.4) is 0 Å². The average Bonchev–Trinajstić information content (AvgIpc) is 3.28. The summed E-state index contributed by atoms with van der Waals surface area (Å²) in [4.78, 5) is 55.9. The average molecular weight is 879 g/mol. The van der Waals surface area contributed by atoms with Crippen LogP contribution in [0.4, 0.5) is 0 Å². The van der Waals surface area contributed by atoms with E-state index in [0.717, 1.165) is 61.0 Å². The van der Waals surface area contributed by atoms with Crippen LogP contribution in [0, 0.1) is 37.5 Å². The Hall–Kier alpha value is -5.50. The molecule has 0 aliphatic heterocycles. The first-order chi connectivity index (χ1) is 29.1. The summed E-state index contributed by atoms with van der Waals surface area (Å²) in [7, 11) is -4.45. The lowest BCUT2D eigenvalue weighted by atomic mass is 9.79. The minimum atomic E-state index is -3.78. The summed E-state index contributed by atoms with van der Waals surface area (Å²) < 4.78 is 57.1. The topological polar surface area (TPSA) is 252 Å². The number of nitrogens with two attached hydrogens (primary N) is 1. The highest BCUT2D eigenvalue weighted by molar-refractivity contribution is 7.89. The number of sulfonamides is 2. The van der Waals surface area contributed by atoms with Gasteiger partial charge < -0.3 is 9.47 Å². The number of ether oxygens (including phenoxy) is 2. The van der Waals surface area contributed by atoms with Gasteiger partial charge in [-0.3, -0.25) is 20.2 Å². The minimum Gasteiger partial charge on any atom is -0.469 e. The number of hydrazine groups is 1. The first kappa shape index (κ1) is 48.2. The van der Waals surface area contributed by atoms with Crippen molar-refractivity contribution in [2.75, 3.05) is 14.2 Å². The van der Waals surface area contributed by atoms with E-state index in [1.54, 1.807) is 65.8 Å². The zero-order valence-corrected chi connectivity index (χ0v) is 36.4. The number of ketones is 1. The van der Waals surface area contributed by atoms with Gasteiger partial charge in [0, 0.05) is 42.6 Å². The highest BCUT2D eigenvalue weighted by atomic mass is 32.2. The lowest BCUT2D eigenvalue weighted by molar-refractivity contribution is -0.147. The second-order valence-electron chi connectivity index (χ2n) is 14.8. The van der Waals surface area contributed by atoms with Crippen LogP contribution < -0.4 is 15.5 Å². The number of esters is 2. The van der Waals surface area contributed by atoms with Crippen molar-refractivity contribution in [1.29, 1.82) is 0 Å². The Labute approximate surface area is 357 Å². The van der Waals surface area contributed by atoms with Crippen molar-refractivity contribution in [2.24, 2.45) is 34.6 Å². The van der Waals surface area contributed by atoms with Crippen LogP contribution in [-0.4, -0.2) is 74.4 Å². The van der Waals surface area contributed by atoms with E-state index in [0.29, 0.717) is 31.4 Å². The third-order valence-corrected chi connectivity index (χ3v) is 13.0. The third-order valence-electron chi connectivity index (χ3n) is 10.6. The number of carbonyl (C=O) groups is 3. The SMILES string of the molecule is COC(=O)C1CCC(/C(Cc2ccncn2)=N/NS(=O)(=O)c2ccc(C)cc2)CC1.COC(=O)C1CCC(C(=O)Cc2ccncn2)CC1.Cc1ccc(S(=O)(=O)NN)cc1. The van der Waals surface area contributed by atoms with Gasteiger partial charge >= 0.3 is 11.9 Å². The second kappa shape index (κ2) is 23.5. The first-order valence-corrected chi connectivity index (χ1v) is 22.7. The molecule has 0 saturated heterocycles. The number of nitrogens with one attached hydrogen (secondary N) is 2. The molecule has 0 atom stereocenters. The number of carbonyl (C=O) groups excluding carboxylic acids is 3. The van der Waals surface area contributed by atoms with E-state index < -0.39 is 20.0 Å². The van der Waals surface area contributed by atoms with Crippen LogP contribution >= 0.6 is 0 Å². The molecule has 4 aromatic rings. The number of nitrogens with zero attached hydrogens (tertiary/aromatic N) is 5. The fourth-order valence-corrected chi connectivity index (χ4v) is 8.42. The van der Waals surface area contributed by atoms with E-state index in [1.807, 2.05) is 13.8 Å². The fourth-order valence-electron chi connectivity index (χ4n) is 6.95. The van der Waals surface area contributed by atoms with Crippen LogP contribution in [-0.2, 0) is 56.7 Å². The zero-order valence-electron chi connectivity index (χ0n) is 34.8. The first-order valence-electron chi connectivity index (χ1n) is 19.8. The molecule has 2 heterocycles. The monoisotopic (exact) mass is 878 g/mol. The number of benzene rings is 2. The van der Waals surface area contributed by atoms with Crippen molar-refractivity contribution in [3.05, 3.63) is 108 Å². The largest absolute Gasteiger partial charge is 0.469 e. The Morgan fingerprint density at radius 3 is 1.44 bits per heavy atom. The van der Waals surface area contributed by atoms with Gasteiger partial charge in [0.2, 0.25) is 0 Å². The number of hydrogen-bond donors (Lipinski definition) is 3. The third kappa shape index (κ3) is 15.2. The molecular formula is C42H54N8O9S2. The lowest BCUT2D eigenvalue weighted by Crippen LogP contribution is -2.30. The number of aromatic nitrogens is 4. The number of rotatable bonds is 13. The van der Waals surface area contributed by atoms with Crippen LogP contribution in [0.1, 0.15) is 73.9 Å². The Morgan fingerprint density at radius 1 is 0.623 bits per heavy atom. The van der Waals surface area contributed by atoms with Gasteiger partial charge in [-0.25, -0.2) is 33.2 Å². The summed E-state index contributed by atoms with van der Waals surface area (Å²) in [5.41, 5.74) is 4.20. The Balaban J connectivity index is 0.000000224. The van der Waals surface area contributed by atoms with E-state index in [9.17, 15) is 31.2 Å². The van der Waals surface area contributed by atoms with Crippen molar-refractivity contribution in [1.82, 2.24) is 29.6 Å². The van der Waals surface area contributed by atoms with Gasteiger partial charge in [0.15, 0.2) is 0 Å². The maximum atomic E-state index is 12.7. The molecule has 2 aromatic carbocycles. The van der Waals surface area contributed by atoms with Gasteiger partial charge in [0.25, 0.3) is 20.0 Å². The zero-order chi connectivity index (χ0) is 44.4. The molecule has 2 aliphatic rings. The second-order valence-corrected chi connectivity index (χ2v) is 18.2. The molecule has 0 spiro atoms. The van der Waals surface area contributed by atoms with E-state index in [-0.39, 0.29) is 51.2 Å². The summed E-state index contributed by atoms with van der Waals surface area (Å²) in [6, 6.07) is 16.6. The quantitative estimate of drug-likeness (QED) is 0.0731. The minimum absolute atomic E-state index is 0.0342. The molecule has 19 heteroatoms. The van der Waals surface area contributed by atoms with Crippen molar-refractivity contribution >= 4 is 43.5 Å². The molecule has 2 saturated carbocycles. The molecule has 6 rings (SSSR count). The number of aryl methyl sites for hydroxylation is 2. The van der Waals surface area contributed by atoms with Crippen molar-refractivity contribution in [2.45, 2.75) is 87.8 Å². The maximum Gasteiger partial charge on any atom is 0.308 e. The van der Waals surface area contributed by atoms with E-state index in [2.05, 4.69) is 29.9 Å². The van der Waals surface area contributed by atoms with Gasteiger partial charge in [0.1, 0.15) is 18.4 Å². The van der Waals surface area contributed by atoms with E-state index in [1.165, 1.54) is 39.0 Å². The molecule has 0 radical (unpaired) electrons. The van der Waals surface area contributed by atoms with Crippen molar-refractivity contribution in [3.8, 4) is 0 Å². The van der Waals surface area contributed by atoms with Crippen LogP contribution in [0.25, 0.3) is 0 Å². The molecule has 2 aromatic heterocycles. The van der Waals surface area contributed by atoms with Crippen molar-refractivity contribution < 1.29 is 40.7 Å². The smallest absolute Gasteiger partial charge is 0.308 e. The molecule has 17 nitrogen and oxygen atoms in total. The summed E-state index contributed by atoms with van der Waals surface area (Å²) in [5, 5.41) is 4.31. The summed E-state index contributed by atoms with van der Waals surface area (Å²) in [5.74, 6) is 4.67. The van der Waals surface area contributed by atoms with Gasteiger partial charge in [-0.05, 0) is 108 Å². The summed E-state index contributed by atoms with van der Waals surface area (Å²) in [6.07, 6.45) is 12.8. The molecule has 61 heavy (non-hydrogen) atoms. The lowest BCUT2D eigenvalue weighted by Gasteiger charge is -2.27. The highest BCUT2D eigenvalue weighted by Gasteiger charge is 2.31. The number of hydrogen-bond acceptors (Lipinski definition) is 15. The van der Waals surface area contributed by atoms with Crippen LogP contribution in [0.2, 0.25) is 0 Å². The molecule has 4 N–H and O–H groups in total. The molecule has 328 valence electrons. The molecule has 2 aliphatic carbocycles. The molecule has 0 unspecified atom stereocenters. The number of methoxy groups -OCH3 is 2. The van der Waals surface area contributed by atoms with Gasteiger partial charge in [0.05, 0.1) is 41.5 Å². The summed E-state index contributed by atoms with van der Waals surface area (Å²) >= 11 is 0. The van der Waals surface area contributed by atoms with Crippen LogP contribution in [0.15, 0.2) is 101 Å². The number of hydrazone groups is 1. The van der Waals surface area contributed by atoms with E-state index in [4.69, 9.17) is 15.3 Å². The maximum absolute atomic E-state index is 12.7. The highest BCUT2D eigenvalue weighted by Crippen LogP contribution is 2.32. The Bertz CT molecular complexity index is 2270. The fraction of sp³-hybridized carbons (Fsp3) is 0.429. The van der Waals surface area contributed by atoms with E-state index >= 15 is 0 Å². The van der Waals surface area contributed by atoms with Gasteiger partial charge in [-0.15, -0.1) is 0 Å². The van der Waals surface area contributed by atoms with Gasteiger partial charge in [-0.1, -0.05) is 35.4 Å². The van der Waals surface area contributed by atoms with Crippen molar-refractivity contribution in [3.63, 3.8) is 0 Å². The molecule has 2 fully saturated rings. The molecular weight excluding hydrogens is 825 g/mol. The predicted octanol–water partition coefficient (Wildman–Crippen LogP) is 4.36. The summed E-state index contributed by atoms with van der Waals surface area (Å²) in [6.45, 7) is 3.78. The Morgan fingerprint density at radius 2 is 1.03 bits per heavy atom. The normalized spacial score (nSPS) is 19.1. The van der Waals surface area contributed by atoms with Crippen LogP contribution in [0.5, 0.6) is 0 Å². The number of Topliss-reactive ketones (excluding diaryl/α,β-unsaturated/α-hetero) is 1. The molecule has 0 bridgehead atoms. The van der Waals surface area contributed by atoms with Gasteiger partial charge in [-0.2, -0.15) is 18.4 Å². The Kier molecular flexibility index (Phi) is 18.5. The predicted molar refractivity (Wildman–Crippen MR) is 226 cm³/mol. The standard InChI is InChI=1S/C21H26N4O4S.C14H18N2O3.C7H10N2O2S/c1-15-3-9-19(10-4-15)30(27,28)25-24-20(13-18-11-12-22-14-23-18)16-5-7-17(8-6-16)21(26)29-2;1-19-14(18)11-4-2-10(3-5-11)13(17)8-12-6-7-15-9-16-12;1-6-2-4-7(5-3-6)12(10,11)9-8/h3-4,9-12,14,16-17,25H,5-8,13H2,1-2H3;6-7,9-11H,2-5,8H2,1H3;2-5,9H,8H2,1H3/b24-20+;;.